The van der Waals surface area contributed by atoms with E-state index in [-0.39, 0.29) is 5.82 Å². The molecule has 0 aromatic heterocycles. The summed E-state index contributed by atoms with van der Waals surface area (Å²) in [7, 11) is 0. The van der Waals surface area contributed by atoms with Crippen LogP contribution in [0.3, 0.4) is 0 Å². The molecule has 0 heterocycles. The largest absolute Gasteiger partial charge is 0.369 e. The van der Waals surface area contributed by atoms with Gasteiger partial charge in [-0.25, -0.2) is 4.39 Å². The Bertz CT molecular complexity index is 382. The van der Waals surface area contributed by atoms with E-state index in [0.29, 0.717) is 12.1 Å². The highest BCUT2D eigenvalue weighted by molar-refractivity contribution is 5.47. The van der Waals surface area contributed by atoms with Crippen LogP contribution in [0.15, 0.2) is 24.3 Å². The standard InChI is InChI=1S/C17H27FN2/c1-3-13-19-15-7-11-17(12-8-15)20(4-2)16-9-5-14(18)6-10-16/h5-6,9-10,15,17,19H,3-4,7-8,11-13H2,1-2H3. The smallest absolute Gasteiger partial charge is 0.123 e. The van der Waals surface area contributed by atoms with E-state index in [0.717, 1.165) is 18.8 Å². The van der Waals surface area contributed by atoms with Gasteiger partial charge in [-0.2, -0.15) is 0 Å². The summed E-state index contributed by atoms with van der Waals surface area (Å²) in [4.78, 5) is 2.43. The van der Waals surface area contributed by atoms with Crippen molar-refractivity contribution in [3.63, 3.8) is 0 Å². The van der Waals surface area contributed by atoms with Crippen molar-refractivity contribution in [1.29, 1.82) is 0 Å². The molecule has 2 nitrogen and oxygen atoms in total. The summed E-state index contributed by atoms with van der Waals surface area (Å²) in [6, 6.07) is 8.22. The van der Waals surface area contributed by atoms with Gasteiger partial charge in [0, 0.05) is 24.3 Å². The maximum atomic E-state index is 13.0. The Morgan fingerprint density at radius 2 is 1.75 bits per heavy atom. The molecule has 1 saturated carbocycles. The van der Waals surface area contributed by atoms with Gasteiger partial charge in [0.25, 0.3) is 0 Å². The van der Waals surface area contributed by atoms with E-state index in [1.165, 1.54) is 32.1 Å². The van der Waals surface area contributed by atoms with Crippen molar-refractivity contribution in [3.8, 4) is 0 Å². The fourth-order valence-corrected chi connectivity index (χ4v) is 3.22. The Morgan fingerprint density at radius 1 is 1.10 bits per heavy atom. The number of anilines is 1. The first-order valence-corrected chi connectivity index (χ1v) is 8.00. The Hall–Kier alpha value is -1.09. The first kappa shape index (κ1) is 15.3. The molecule has 0 bridgehead atoms. The van der Waals surface area contributed by atoms with Crippen LogP contribution in [0.25, 0.3) is 0 Å². The predicted octanol–water partition coefficient (Wildman–Crippen LogP) is 3.96. The van der Waals surface area contributed by atoms with Crippen LogP contribution < -0.4 is 10.2 Å². The molecule has 0 radical (unpaired) electrons. The van der Waals surface area contributed by atoms with E-state index >= 15 is 0 Å². The van der Waals surface area contributed by atoms with Crippen LogP contribution in [0.2, 0.25) is 0 Å². The predicted molar refractivity (Wildman–Crippen MR) is 83.8 cm³/mol. The maximum absolute atomic E-state index is 13.0. The lowest BCUT2D eigenvalue weighted by molar-refractivity contribution is 0.333. The minimum Gasteiger partial charge on any atom is -0.369 e. The molecule has 1 aromatic carbocycles. The summed E-state index contributed by atoms with van der Waals surface area (Å²) < 4.78 is 13.0. The molecule has 3 heteroatoms. The van der Waals surface area contributed by atoms with Crippen molar-refractivity contribution < 1.29 is 4.39 Å². The highest BCUT2D eigenvalue weighted by atomic mass is 19.1. The van der Waals surface area contributed by atoms with Crippen molar-refractivity contribution in [1.82, 2.24) is 5.32 Å². The second-order valence-electron chi connectivity index (χ2n) is 5.72. The van der Waals surface area contributed by atoms with Gasteiger partial charge in [-0.1, -0.05) is 6.92 Å². The van der Waals surface area contributed by atoms with Crippen LogP contribution in [0, 0.1) is 5.82 Å². The number of halogens is 1. The molecule has 112 valence electrons. The topological polar surface area (TPSA) is 15.3 Å². The molecule has 1 aliphatic rings. The fourth-order valence-electron chi connectivity index (χ4n) is 3.22. The third-order valence-corrected chi connectivity index (χ3v) is 4.32. The second-order valence-corrected chi connectivity index (χ2v) is 5.72. The number of hydrogen-bond donors (Lipinski definition) is 1. The summed E-state index contributed by atoms with van der Waals surface area (Å²) in [5.74, 6) is -0.155. The maximum Gasteiger partial charge on any atom is 0.123 e. The van der Waals surface area contributed by atoms with E-state index in [4.69, 9.17) is 0 Å². The Labute approximate surface area is 122 Å². The molecule has 2 rings (SSSR count). The third-order valence-electron chi connectivity index (χ3n) is 4.32. The Morgan fingerprint density at radius 3 is 2.30 bits per heavy atom. The number of nitrogens with one attached hydrogen (secondary N) is 1. The number of rotatable bonds is 6. The lowest BCUT2D eigenvalue weighted by atomic mass is 9.89. The van der Waals surface area contributed by atoms with Gasteiger partial charge in [0.15, 0.2) is 0 Å². The summed E-state index contributed by atoms with van der Waals surface area (Å²) in [6.07, 6.45) is 6.17. The first-order chi connectivity index (χ1) is 9.74. The molecule has 0 saturated heterocycles. The monoisotopic (exact) mass is 278 g/mol. The normalized spacial score (nSPS) is 22.8. The molecule has 0 amide bonds. The van der Waals surface area contributed by atoms with Crippen molar-refractivity contribution >= 4 is 5.69 Å². The average molecular weight is 278 g/mol. The van der Waals surface area contributed by atoms with Crippen LogP contribution in [0.4, 0.5) is 10.1 Å². The van der Waals surface area contributed by atoms with Gasteiger partial charge in [-0.15, -0.1) is 0 Å². The van der Waals surface area contributed by atoms with E-state index in [1.54, 1.807) is 12.1 Å². The van der Waals surface area contributed by atoms with Crippen molar-refractivity contribution in [2.45, 2.75) is 58.0 Å². The molecule has 1 N–H and O–H groups in total. The van der Waals surface area contributed by atoms with Crippen LogP contribution in [-0.2, 0) is 0 Å². The molecule has 0 spiro atoms. The highest BCUT2D eigenvalue weighted by Crippen LogP contribution is 2.27. The molecule has 1 fully saturated rings. The SMILES string of the molecule is CCCNC1CCC(N(CC)c2ccc(F)cc2)CC1. The van der Waals surface area contributed by atoms with Gasteiger partial charge < -0.3 is 10.2 Å². The molecule has 0 atom stereocenters. The van der Waals surface area contributed by atoms with Crippen LogP contribution >= 0.6 is 0 Å². The third kappa shape index (κ3) is 3.95. The summed E-state index contributed by atoms with van der Waals surface area (Å²) in [5, 5.41) is 3.63. The molecule has 0 aliphatic heterocycles. The zero-order chi connectivity index (χ0) is 14.4. The number of hydrogen-bond acceptors (Lipinski definition) is 2. The molecule has 1 aliphatic carbocycles. The van der Waals surface area contributed by atoms with Gasteiger partial charge in [0.2, 0.25) is 0 Å². The summed E-state index contributed by atoms with van der Waals surface area (Å²) in [6.45, 7) is 6.52. The summed E-state index contributed by atoms with van der Waals surface area (Å²) >= 11 is 0. The lowest BCUT2D eigenvalue weighted by Gasteiger charge is -2.38. The van der Waals surface area contributed by atoms with Gasteiger partial charge in [-0.05, 0) is 69.8 Å². The van der Waals surface area contributed by atoms with Crippen molar-refractivity contribution in [3.05, 3.63) is 30.1 Å². The Balaban J connectivity index is 1.91. The molecule has 0 unspecified atom stereocenters. The van der Waals surface area contributed by atoms with Gasteiger partial charge in [-0.3, -0.25) is 0 Å². The van der Waals surface area contributed by atoms with Gasteiger partial charge in [0.1, 0.15) is 5.82 Å². The minimum absolute atomic E-state index is 0.155. The van der Waals surface area contributed by atoms with Crippen molar-refractivity contribution in [2.75, 3.05) is 18.0 Å². The first-order valence-electron chi connectivity index (χ1n) is 8.00. The number of nitrogens with zero attached hydrogens (tertiary/aromatic N) is 1. The van der Waals surface area contributed by atoms with Crippen molar-refractivity contribution in [2.24, 2.45) is 0 Å². The zero-order valence-corrected chi connectivity index (χ0v) is 12.7. The van der Waals surface area contributed by atoms with Gasteiger partial charge in [0.05, 0.1) is 0 Å². The minimum atomic E-state index is -0.155. The molecular weight excluding hydrogens is 251 g/mol. The summed E-state index contributed by atoms with van der Waals surface area (Å²) in [5.41, 5.74) is 1.15. The average Bonchev–Trinajstić information content (AvgIpc) is 2.49. The highest BCUT2D eigenvalue weighted by Gasteiger charge is 2.24. The second kappa shape index (κ2) is 7.63. The van der Waals surface area contributed by atoms with E-state index in [9.17, 15) is 4.39 Å². The lowest BCUT2D eigenvalue weighted by Crippen LogP contribution is -2.42. The Kier molecular flexibility index (Phi) is 5.84. The van der Waals surface area contributed by atoms with Crippen LogP contribution in [0.5, 0.6) is 0 Å². The molecular formula is C17H27FN2. The molecule has 1 aromatic rings. The fraction of sp³-hybridized carbons (Fsp3) is 0.647. The van der Waals surface area contributed by atoms with Gasteiger partial charge >= 0.3 is 0 Å². The van der Waals surface area contributed by atoms with Crippen LogP contribution in [-0.4, -0.2) is 25.2 Å². The van der Waals surface area contributed by atoms with E-state index in [2.05, 4.69) is 24.1 Å². The van der Waals surface area contributed by atoms with Crippen LogP contribution in [0.1, 0.15) is 46.0 Å². The zero-order valence-electron chi connectivity index (χ0n) is 12.7. The molecule has 20 heavy (non-hydrogen) atoms. The quantitative estimate of drug-likeness (QED) is 0.847. The van der Waals surface area contributed by atoms with E-state index in [1.807, 2.05) is 12.1 Å². The number of benzene rings is 1. The van der Waals surface area contributed by atoms with E-state index < -0.39 is 0 Å².